The Balaban J connectivity index is -0.00000146. The Hall–Kier alpha value is 0.387. The van der Waals surface area contributed by atoms with Crippen molar-refractivity contribution in [2.45, 2.75) is 105 Å². The summed E-state index contributed by atoms with van der Waals surface area (Å²) >= 11 is 0. The first-order chi connectivity index (χ1) is 13.1. The Morgan fingerprint density at radius 2 is 0.962 bits per heavy atom. The Labute approximate surface area is 193 Å². The number of carbonyl (C=O) groups is 1. The second-order valence-corrected chi connectivity index (χ2v) is 7.09. The molecule has 153 valence electrons. The molecule has 3 nitrogen and oxygen atoms in total. The molecule has 0 fully saturated rings. The van der Waals surface area contributed by atoms with Gasteiger partial charge in [0, 0.05) is 57.3 Å². The minimum absolute atomic E-state index is 0. The number of carbonyl (C=O) groups excluding carboxylic acids is 1. The number of hydrogen-bond donors (Lipinski definition) is 0. The monoisotopic (exact) mass is 593 g/mol. The predicted octanol–water partition coefficient (Wildman–Crippen LogP) is 5.56. The fourth-order valence-electron chi connectivity index (χ4n) is 2.96. The van der Waals surface area contributed by atoms with Crippen molar-refractivity contribution in [2.24, 2.45) is 0 Å². The van der Waals surface area contributed by atoms with Gasteiger partial charge in [0.2, 0.25) is 0 Å². The minimum atomic E-state index is 0. The zero-order valence-corrected chi connectivity index (χ0v) is 22.4. The summed E-state index contributed by atoms with van der Waals surface area (Å²) in [6.07, 6.45) is 14.4. The van der Waals surface area contributed by atoms with Gasteiger partial charge < -0.3 is 9.80 Å². The van der Waals surface area contributed by atoms with Crippen LogP contribution < -0.4 is 0 Å². The molecule has 0 aromatic carbocycles. The summed E-state index contributed by atoms with van der Waals surface area (Å²) in [7, 11) is 0.500. The quantitative estimate of drug-likeness (QED) is 0.170. The second-order valence-electron chi connectivity index (χ2n) is 7.09. The van der Waals surface area contributed by atoms with E-state index in [-0.39, 0.29) is 31.1 Å². The third-order valence-electron chi connectivity index (χ3n) is 4.67. The average Bonchev–Trinajstić information content (AvgIpc) is 2.67. The van der Waals surface area contributed by atoms with Crippen molar-refractivity contribution < 1.29 is 35.9 Å². The first-order valence-electron chi connectivity index (χ1n) is 11.9. The molecular weight excluding hydrogens is 545 g/mol. The van der Waals surface area contributed by atoms with Crippen LogP contribution in [0.1, 0.15) is 105 Å². The molecule has 0 saturated heterocycles. The summed E-state index contributed by atoms with van der Waals surface area (Å²) in [4.78, 5) is 17.3. The van der Waals surface area contributed by atoms with E-state index in [1.54, 1.807) is 0 Å². The fourth-order valence-corrected chi connectivity index (χ4v) is 2.96. The number of urea groups is 1. The normalized spacial score (nSPS) is 10.6. The maximum atomic E-state index is 13.0. The molecule has 0 N–H and O–H groups in total. The van der Waals surface area contributed by atoms with E-state index < -0.39 is 0 Å². The third-order valence-corrected chi connectivity index (χ3v) is 4.67. The summed E-state index contributed by atoms with van der Waals surface area (Å²) in [6.45, 7) is 12.6. The summed E-state index contributed by atoms with van der Waals surface area (Å²) in [5.41, 5.74) is 0. The van der Waals surface area contributed by atoms with E-state index in [1.807, 2.05) is 0 Å². The van der Waals surface area contributed by atoms with Gasteiger partial charge in [-0.3, -0.25) is 0 Å². The molecule has 0 aromatic rings. The van der Waals surface area contributed by atoms with Gasteiger partial charge >= 0.3 is 6.03 Å². The smallest absolute Gasteiger partial charge is 0.319 e. The van der Waals surface area contributed by atoms with Gasteiger partial charge in [-0.1, -0.05) is 79.1 Å². The zero-order chi connectivity index (χ0) is 20.8. The number of unbranched alkanes of at least 4 members (excludes halogenated alkanes) is 8. The summed E-state index contributed by atoms with van der Waals surface area (Å²) in [5, 5.41) is 0. The van der Waals surface area contributed by atoms with Crippen molar-refractivity contribution in [3.05, 3.63) is 0 Å². The van der Waals surface area contributed by atoms with E-state index in [0.717, 1.165) is 64.7 Å². The molecule has 0 saturated carbocycles. The molecule has 0 aliphatic heterocycles. The Bertz CT molecular complexity index is 290. The van der Waals surface area contributed by atoms with Crippen LogP contribution in [0.3, 0.4) is 0 Å². The molecule has 0 heterocycles. The maximum absolute atomic E-state index is 13.0. The predicted molar refractivity (Wildman–Crippen MR) is 115 cm³/mol. The Kier molecular flexibility index (Phi) is 23.8. The van der Waals surface area contributed by atoms with Crippen LogP contribution in [-0.4, -0.2) is 53.0 Å². The number of rotatable bonds is 16. The Morgan fingerprint density at radius 1 is 0.654 bits per heavy atom. The molecule has 26 heavy (non-hydrogen) atoms. The van der Waals surface area contributed by atoms with Crippen molar-refractivity contribution in [3.63, 3.8) is 0 Å². The van der Waals surface area contributed by atoms with Crippen LogP contribution in [0.4, 0.5) is 4.79 Å². The average molecular weight is 593 g/mol. The van der Waals surface area contributed by atoms with Crippen molar-refractivity contribution >= 4 is 14.4 Å². The first kappa shape index (κ1) is 26.4. The van der Waals surface area contributed by atoms with Crippen molar-refractivity contribution in [3.8, 4) is 0 Å². The fraction of sp³-hybridized carbons (Fsp3) is 0.952. The summed E-state index contributed by atoms with van der Waals surface area (Å²) < 4.78 is 11.5. The number of amides is 2. The molecular formula is C21H46BN2OU. The number of hydrogen-bond acceptors (Lipinski definition) is 1. The van der Waals surface area contributed by atoms with Gasteiger partial charge in [-0.25, -0.2) is 4.79 Å². The van der Waals surface area contributed by atoms with E-state index in [1.165, 1.54) is 38.5 Å². The van der Waals surface area contributed by atoms with Gasteiger partial charge in [0.25, 0.3) is 0 Å². The largest absolute Gasteiger partial charge is 0.325 e. The van der Waals surface area contributed by atoms with Crippen LogP contribution in [0.15, 0.2) is 0 Å². The van der Waals surface area contributed by atoms with E-state index in [4.69, 9.17) is 2.67 Å². The Morgan fingerprint density at radius 3 is 1.27 bits per heavy atom. The van der Waals surface area contributed by atoms with Crippen molar-refractivity contribution in [1.82, 2.24) is 9.80 Å². The molecule has 0 spiro atoms. The molecule has 0 aliphatic rings. The van der Waals surface area contributed by atoms with Crippen LogP contribution in [-0.2, 0) is 0 Å². The standard InChI is InChI=1S/C21H44N2O.BH2.U/c1-5-9-13-15-19-22(17-11-7-3)21(24)23(18-12-8-4)20-16-14-10-6-2;;/h5-20H2,1-4H3;1H2;/i;1D2;. The topological polar surface area (TPSA) is 23.6 Å². The molecule has 2 amide bonds. The van der Waals surface area contributed by atoms with Gasteiger partial charge in [-0.15, -0.1) is 0 Å². The van der Waals surface area contributed by atoms with Crippen LogP contribution in [0, 0.1) is 31.1 Å². The number of nitrogens with zero attached hydrogens (tertiary/aromatic N) is 2. The van der Waals surface area contributed by atoms with Gasteiger partial charge in [0.15, 0.2) is 0 Å². The van der Waals surface area contributed by atoms with Gasteiger partial charge in [0.1, 0.15) is 0 Å². The molecule has 0 aliphatic carbocycles. The molecule has 0 atom stereocenters. The maximum Gasteiger partial charge on any atom is 0.319 e. The van der Waals surface area contributed by atoms with E-state index in [9.17, 15) is 4.79 Å². The van der Waals surface area contributed by atoms with Gasteiger partial charge in [0.05, 0.1) is 8.34 Å². The van der Waals surface area contributed by atoms with Gasteiger partial charge in [-0.2, -0.15) is 0 Å². The summed E-state index contributed by atoms with van der Waals surface area (Å²) in [6, 6.07) is 0.296. The zero-order valence-electron chi connectivity index (χ0n) is 20.2. The third kappa shape index (κ3) is 16.6. The van der Waals surface area contributed by atoms with Crippen LogP contribution in [0.25, 0.3) is 0 Å². The molecule has 0 bridgehead atoms. The molecule has 1 radical (unpaired) electrons. The SMILES string of the molecule is CCCCCCN(CCCC)C(=O)N(CCCC)CCCCCC.[2H][B][2H].[U]. The summed E-state index contributed by atoms with van der Waals surface area (Å²) in [5.74, 6) is 0. The molecule has 0 aromatic heterocycles. The van der Waals surface area contributed by atoms with E-state index >= 15 is 0 Å². The van der Waals surface area contributed by atoms with Crippen LogP contribution in [0.5, 0.6) is 0 Å². The van der Waals surface area contributed by atoms with Crippen LogP contribution >= 0.6 is 0 Å². The van der Waals surface area contributed by atoms with Crippen molar-refractivity contribution in [1.29, 1.82) is 2.67 Å². The van der Waals surface area contributed by atoms with Crippen molar-refractivity contribution in [2.75, 3.05) is 26.2 Å². The van der Waals surface area contributed by atoms with Crippen LogP contribution in [0.2, 0.25) is 0 Å². The molecule has 0 unspecified atom stereocenters. The van der Waals surface area contributed by atoms with E-state index in [0.29, 0.717) is 14.4 Å². The van der Waals surface area contributed by atoms with Gasteiger partial charge in [-0.05, 0) is 28.4 Å². The molecule has 5 heteroatoms. The first-order valence-corrected chi connectivity index (χ1v) is 10.7. The second kappa shape index (κ2) is 23.4. The molecule has 0 rings (SSSR count). The van der Waals surface area contributed by atoms with E-state index in [2.05, 4.69) is 37.5 Å². The minimum Gasteiger partial charge on any atom is -0.325 e.